The third-order valence-electron chi connectivity index (χ3n) is 3.15. The lowest BCUT2D eigenvalue weighted by Crippen LogP contribution is -2.25. The van der Waals surface area contributed by atoms with Gasteiger partial charge in [0.15, 0.2) is 0 Å². The molecule has 0 aliphatic heterocycles. The minimum atomic E-state index is -0.526. The van der Waals surface area contributed by atoms with Gasteiger partial charge in [0.1, 0.15) is 0 Å². The van der Waals surface area contributed by atoms with E-state index >= 15 is 0 Å². The Morgan fingerprint density at radius 2 is 1.76 bits per heavy atom. The molecule has 0 radical (unpaired) electrons. The van der Waals surface area contributed by atoms with Crippen molar-refractivity contribution >= 4 is 35.8 Å². The number of nitrogens with two attached hydrogens (primary N) is 1. The van der Waals surface area contributed by atoms with Crippen molar-refractivity contribution in [3.05, 3.63) is 59.1 Å². The predicted molar refractivity (Wildman–Crippen MR) is 92.5 cm³/mol. The number of rotatable bonds is 5. The third-order valence-corrected chi connectivity index (χ3v) is 4.50. The van der Waals surface area contributed by atoms with Gasteiger partial charge in [-0.2, -0.15) is 0 Å². The van der Waals surface area contributed by atoms with E-state index in [4.69, 9.17) is 17.3 Å². The van der Waals surface area contributed by atoms with Crippen LogP contribution in [0.2, 0.25) is 5.02 Å². The number of hydrogen-bond donors (Lipinski definition) is 2. The average Bonchev–Trinajstić information content (AvgIpc) is 2.48. The van der Waals surface area contributed by atoms with Crippen LogP contribution in [0.1, 0.15) is 24.9 Å². The van der Waals surface area contributed by atoms with Crippen LogP contribution in [0, 0.1) is 0 Å². The second kappa shape index (κ2) is 8.66. The summed E-state index contributed by atoms with van der Waals surface area (Å²) in [6.07, 6.45) is 0.114. The van der Waals surface area contributed by atoms with Crippen molar-refractivity contribution in [2.45, 2.75) is 35.3 Å². The second-order valence-electron chi connectivity index (χ2n) is 4.60. The quantitative estimate of drug-likeness (QED) is 0.828. The summed E-state index contributed by atoms with van der Waals surface area (Å²) in [7, 11) is 0. The van der Waals surface area contributed by atoms with Crippen molar-refractivity contribution in [2.75, 3.05) is 0 Å². The van der Waals surface area contributed by atoms with E-state index in [1.165, 1.54) is 0 Å². The molecule has 0 aliphatic rings. The maximum atomic E-state index is 9.96. The summed E-state index contributed by atoms with van der Waals surface area (Å²) in [5, 5.41) is 10.7. The van der Waals surface area contributed by atoms with Crippen molar-refractivity contribution < 1.29 is 5.11 Å². The molecule has 0 saturated carbocycles. The van der Waals surface area contributed by atoms with Gasteiger partial charge in [-0.25, -0.2) is 0 Å². The maximum absolute atomic E-state index is 9.96. The van der Waals surface area contributed by atoms with E-state index in [2.05, 4.69) is 0 Å². The van der Waals surface area contributed by atoms with Crippen molar-refractivity contribution in [1.82, 2.24) is 0 Å². The molecule has 0 fully saturated rings. The smallest absolute Gasteiger partial charge is 0.0730 e. The van der Waals surface area contributed by atoms with Crippen LogP contribution in [0.15, 0.2) is 58.3 Å². The van der Waals surface area contributed by atoms with E-state index in [1.807, 2.05) is 55.5 Å². The number of aliphatic hydroxyl groups is 1. The zero-order chi connectivity index (χ0) is 14.5. The monoisotopic (exact) mass is 343 g/mol. The molecule has 0 unspecified atom stereocenters. The lowest BCUT2D eigenvalue weighted by molar-refractivity contribution is 0.140. The van der Waals surface area contributed by atoms with Crippen molar-refractivity contribution in [3.8, 4) is 0 Å². The summed E-state index contributed by atoms with van der Waals surface area (Å²) < 4.78 is 0. The van der Waals surface area contributed by atoms with E-state index in [9.17, 15) is 5.11 Å². The largest absolute Gasteiger partial charge is 0.391 e. The van der Waals surface area contributed by atoms with Crippen LogP contribution in [0.25, 0.3) is 0 Å². The highest BCUT2D eigenvalue weighted by Gasteiger charge is 2.18. The van der Waals surface area contributed by atoms with E-state index in [0.29, 0.717) is 6.42 Å². The van der Waals surface area contributed by atoms with Gasteiger partial charge in [-0.3, -0.25) is 0 Å². The molecule has 2 rings (SSSR count). The molecule has 0 amide bonds. The molecular weight excluding hydrogens is 325 g/mol. The Morgan fingerprint density at radius 1 is 1.14 bits per heavy atom. The number of hydrogen-bond acceptors (Lipinski definition) is 3. The first-order valence-electron chi connectivity index (χ1n) is 6.57. The number of halogens is 2. The zero-order valence-corrected chi connectivity index (χ0v) is 14.1. The topological polar surface area (TPSA) is 46.2 Å². The van der Waals surface area contributed by atoms with Gasteiger partial charge in [0.2, 0.25) is 0 Å². The standard InChI is InChI=1S/C16H18ClNOS.ClH/c1-2-14(19)16(18)13-5-3-4-6-15(13)20-12-9-7-11(17)8-10-12;/h3-10,14,16,19H,2,18H2,1H3;1H/t14-,16+;/m0./s1. The normalized spacial score (nSPS) is 13.3. The average molecular weight is 344 g/mol. The maximum Gasteiger partial charge on any atom is 0.0730 e. The number of aliphatic hydroxyl groups excluding tert-OH is 1. The van der Waals surface area contributed by atoms with Crippen LogP contribution in [0.3, 0.4) is 0 Å². The fourth-order valence-corrected chi connectivity index (χ4v) is 3.06. The Balaban J connectivity index is 0.00000220. The van der Waals surface area contributed by atoms with Gasteiger partial charge in [0.05, 0.1) is 12.1 Å². The van der Waals surface area contributed by atoms with Gasteiger partial charge in [-0.1, -0.05) is 48.5 Å². The summed E-state index contributed by atoms with van der Waals surface area (Å²) in [4.78, 5) is 2.16. The van der Waals surface area contributed by atoms with Crippen LogP contribution in [-0.2, 0) is 0 Å². The summed E-state index contributed by atoms with van der Waals surface area (Å²) in [5.41, 5.74) is 7.12. The third kappa shape index (κ3) is 4.90. The van der Waals surface area contributed by atoms with Crippen LogP contribution in [-0.4, -0.2) is 11.2 Å². The SMILES string of the molecule is CC[C@H](O)[C@H](N)c1ccccc1Sc1ccc(Cl)cc1.Cl. The van der Waals surface area contributed by atoms with Gasteiger partial charge in [0, 0.05) is 14.8 Å². The molecule has 5 heteroatoms. The molecule has 0 aromatic heterocycles. The Morgan fingerprint density at radius 3 is 2.38 bits per heavy atom. The van der Waals surface area contributed by atoms with Gasteiger partial charge in [-0.05, 0) is 42.3 Å². The molecular formula is C16H19Cl2NOS. The van der Waals surface area contributed by atoms with Crippen molar-refractivity contribution in [3.63, 3.8) is 0 Å². The number of benzene rings is 2. The van der Waals surface area contributed by atoms with Gasteiger partial charge in [0.25, 0.3) is 0 Å². The molecule has 21 heavy (non-hydrogen) atoms. The molecule has 2 nitrogen and oxygen atoms in total. The molecule has 0 heterocycles. The molecule has 0 aliphatic carbocycles. The van der Waals surface area contributed by atoms with Crippen LogP contribution < -0.4 is 5.73 Å². The molecule has 114 valence electrons. The first-order valence-corrected chi connectivity index (χ1v) is 7.77. The van der Waals surface area contributed by atoms with E-state index in [0.717, 1.165) is 20.4 Å². The molecule has 2 atom stereocenters. The molecule has 3 N–H and O–H groups in total. The highest BCUT2D eigenvalue weighted by Crippen LogP contribution is 2.34. The lowest BCUT2D eigenvalue weighted by atomic mass is 10.0. The van der Waals surface area contributed by atoms with E-state index in [1.54, 1.807) is 11.8 Å². The molecule has 0 bridgehead atoms. The van der Waals surface area contributed by atoms with Gasteiger partial charge in [-0.15, -0.1) is 12.4 Å². The van der Waals surface area contributed by atoms with Crippen LogP contribution in [0.4, 0.5) is 0 Å². The summed E-state index contributed by atoms with van der Waals surface area (Å²) in [5.74, 6) is 0. The van der Waals surface area contributed by atoms with Crippen LogP contribution >= 0.6 is 35.8 Å². The molecule has 2 aromatic carbocycles. The summed E-state index contributed by atoms with van der Waals surface area (Å²) in [6.45, 7) is 1.93. The molecule has 0 spiro atoms. The Labute approximate surface area is 141 Å². The van der Waals surface area contributed by atoms with Crippen LogP contribution in [0.5, 0.6) is 0 Å². The zero-order valence-electron chi connectivity index (χ0n) is 11.7. The highest BCUT2D eigenvalue weighted by atomic mass is 35.5. The summed E-state index contributed by atoms with van der Waals surface area (Å²) >= 11 is 7.52. The lowest BCUT2D eigenvalue weighted by Gasteiger charge is -2.20. The molecule has 2 aromatic rings. The van der Waals surface area contributed by atoms with E-state index in [-0.39, 0.29) is 18.4 Å². The minimum absolute atomic E-state index is 0. The Hall–Kier alpha value is -0.710. The summed E-state index contributed by atoms with van der Waals surface area (Å²) in [6, 6.07) is 15.3. The fourth-order valence-electron chi connectivity index (χ4n) is 1.94. The van der Waals surface area contributed by atoms with Crippen molar-refractivity contribution in [1.29, 1.82) is 0 Å². The van der Waals surface area contributed by atoms with Crippen molar-refractivity contribution in [2.24, 2.45) is 5.73 Å². The first-order chi connectivity index (χ1) is 9.61. The van der Waals surface area contributed by atoms with Gasteiger partial charge >= 0.3 is 0 Å². The minimum Gasteiger partial charge on any atom is -0.391 e. The predicted octanol–water partition coefficient (Wildman–Crippen LogP) is 4.68. The fraction of sp³-hybridized carbons (Fsp3) is 0.250. The Bertz CT molecular complexity index is 562. The molecule has 0 saturated heterocycles. The van der Waals surface area contributed by atoms with Gasteiger partial charge < -0.3 is 10.8 Å². The van der Waals surface area contributed by atoms with E-state index < -0.39 is 6.10 Å². The first kappa shape index (κ1) is 18.3. The Kier molecular flexibility index (Phi) is 7.57. The highest BCUT2D eigenvalue weighted by molar-refractivity contribution is 7.99. The second-order valence-corrected chi connectivity index (χ2v) is 6.15.